The Morgan fingerprint density at radius 3 is 2.58 bits per heavy atom. The second-order valence-electron chi connectivity index (χ2n) is 6.06. The van der Waals surface area contributed by atoms with Gasteiger partial charge in [0.15, 0.2) is 0 Å². The van der Waals surface area contributed by atoms with Gasteiger partial charge in [-0.3, -0.25) is 9.59 Å². The first-order valence-corrected chi connectivity index (χ1v) is 8.18. The molecule has 130 valence electrons. The van der Waals surface area contributed by atoms with Crippen LogP contribution in [0.3, 0.4) is 0 Å². The first-order valence-electron chi connectivity index (χ1n) is 8.18. The maximum atomic E-state index is 13.6. The quantitative estimate of drug-likeness (QED) is 0.718. The van der Waals surface area contributed by atoms with E-state index in [9.17, 15) is 14.0 Å². The summed E-state index contributed by atoms with van der Waals surface area (Å²) < 4.78 is 14.7. The van der Waals surface area contributed by atoms with Gasteiger partial charge in [-0.05, 0) is 42.8 Å². The molecule has 1 heterocycles. The van der Waals surface area contributed by atoms with Gasteiger partial charge in [-0.25, -0.2) is 4.39 Å². The molecule has 3 aromatic rings. The van der Waals surface area contributed by atoms with Gasteiger partial charge in [0, 0.05) is 6.07 Å². The van der Waals surface area contributed by atoms with Crippen LogP contribution in [0, 0.1) is 5.82 Å². The number of halogens is 1. The Balaban J connectivity index is 1.85. The number of carbonyl (C=O) groups is 1. The Bertz CT molecular complexity index is 985. The number of nitrogens with one attached hydrogen (secondary N) is 1. The number of nitrogens with zero attached hydrogens (tertiary/aromatic N) is 2. The van der Waals surface area contributed by atoms with E-state index >= 15 is 0 Å². The SMILES string of the molecule is Bc1cc(F)cc([C@@H](C)NC(=O)c2ccc(=O)n(-c3ccccc3)n2)c1. The molecule has 0 unspecified atom stereocenters. The van der Waals surface area contributed by atoms with Crippen molar-refractivity contribution < 1.29 is 9.18 Å². The zero-order chi connectivity index (χ0) is 18.7. The number of benzene rings is 2. The van der Waals surface area contributed by atoms with Crippen LogP contribution >= 0.6 is 0 Å². The minimum Gasteiger partial charge on any atom is -0.344 e. The fraction of sp³-hybridized carbons (Fsp3) is 0.105. The second-order valence-corrected chi connectivity index (χ2v) is 6.06. The van der Waals surface area contributed by atoms with Crippen molar-refractivity contribution in [2.75, 3.05) is 0 Å². The predicted octanol–water partition coefficient (Wildman–Crippen LogP) is 1.12. The zero-order valence-electron chi connectivity index (χ0n) is 14.4. The average molecular weight is 349 g/mol. The van der Waals surface area contributed by atoms with E-state index in [4.69, 9.17) is 0 Å². The van der Waals surface area contributed by atoms with Gasteiger partial charge < -0.3 is 5.32 Å². The first kappa shape index (κ1) is 17.6. The van der Waals surface area contributed by atoms with E-state index in [2.05, 4.69) is 10.4 Å². The molecule has 26 heavy (non-hydrogen) atoms. The molecular formula is C19H17BFN3O2. The lowest BCUT2D eigenvalue weighted by molar-refractivity contribution is 0.0933. The monoisotopic (exact) mass is 349 g/mol. The number of para-hydroxylation sites is 1. The second kappa shape index (κ2) is 7.35. The standard InChI is InChI=1S/C19H17BFN3O2/c1-12(13-9-14(20)11-15(21)10-13)22-19(26)17-7-8-18(25)24(23-17)16-5-3-2-4-6-16/h2-12H,20H2,1H3,(H,22,26)/t12-/m1/s1. The summed E-state index contributed by atoms with van der Waals surface area (Å²) in [5, 5.41) is 6.92. The van der Waals surface area contributed by atoms with Gasteiger partial charge in [0.25, 0.3) is 11.5 Å². The molecule has 0 aliphatic heterocycles. The van der Waals surface area contributed by atoms with E-state index in [-0.39, 0.29) is 17.1 Å². The Morgan fingerprint density at radius 1 is 1.15 bits per heavy atom. The number of aromatic nitrogens is 2. The average Bonchev–Trinajstić information content (AvgIpc) is 2.62. The lowest BCUT2D eigenvalue weighted by Gasteiger charge is -2.15. The molecule has 0 bridgehead atoms. The third-order valence-corrected chi connectivity index (χ3v) is 3.95. The number of carbonyl (C=O) groups excluding carboxylic acids is 1. The molecule has 1 aromatic heterocycles. The number of rotatable bonds is 4. The molecule has 0 saturated heterocycles. The van der Waals surface area contributed by atoms with E-state index in [1.165, 1.54) is 28.9 Å². The van der Waals surface area contributed by atoms with Crippen molar-refractivity contribution in [2.24, 2.45) is 0 Å². The Kier molecular flexibility index (Phi) is 4.98. The van der Waals surface area contributed by atoms with Crippen LogP contribution in [0.5, 0.6) is 0 Å². The molecule has 1 N–H and O–H groups in total. The molecule has 5 nitrogen and oxygen atoms in total. The maximum absolute atomic E-state index is 13.6. The van der Waals surface area contributed by atoms with Gasteiger partial charge in [-0.1, -0.05) is 29.7 Å². The van der Waals surface area contributed by atoms with E-state index in [0.717, 1.165) is 5.46 Å². The maximum Gasteiger partial charge on any atom is 0.272 e. The van der Waals surface area contributed by atoms with Crippen LogP contribution in [0.1, 0.15) is 29.0 Å². The molecule has 0 aliphatic carbocycles. The number of amides is 1. The number of hydrogen-bond donors (Lipinski definition) is 1. The molecule has 1 amide bonds. The molecule has 0 radical (unpaired) electrons. The fourth-order valence-electron chi connectivity index (χ4n) is 2.65. The van der Waals surface area contributed by atoms with E-state index in [1.54, 1.807) is 39.0 Å². The number of hydrogen-bond acceptors (Lipinski definition) is 3. The van der Waals surface area contributed by atoms with Gasteiger partial charge >= 0.3 is 0 Å². The van der Waals surface area contributed by atoms with Crippen LogP contribution in [0.2, 0.25) is 0 Å². The third kappa shape index (κ3) is 3.88. The van der Waals surface area contributed by atoms with E-state index in [0.29, 0.717) is 11.3 Å². The highest BCUT2D eigenvalue weighted by atomic mass is 19.1. The molecule has 2 aromatic carbocycles. The highest BCUT2D eigenvalue weighted by Gasteiger charge is 2.15. The molecule has 3 rings (SSSR count). The van der Waals surface area contributed by atoms with E-state index < -0.39 is 11.9 Å². The molecule has 7 heteroatoms. The summed E-state index contributed by atoms with van der Waals surface area (Å²) in [4.78, 5) is 24.6. The smallest absolute Gasteiger partial charge is 0.272 e. The lowest BCUT2D eigenvalue weighted by Crippen LogP contribution is -2.31. The van der Waals surface area contributed by atoms with Gasteiger partial charge in [-0.2, -0.15) is 9.78 Å². The summed E-state index contributed by atoms with van der Waals surface area (Å²) >= 11 is 0. The van der Waals surface area contributed by atoms with Crippen molar-refractivity contribution in [1.82, 2.24) is 15.1 Å². The minimum atomic E-state index is -0.441. The molecular weight excluding hydrogens is 332 g/mol. The van der Waals surface area contributed by atoms with Crippen molar-refractivity contribution in [3.05, 3.63) is 88.1 Å². The van der Waals surface area contributed by atoms with Crippen LogP contribution in [0.4, 0.5) is 4.39 Å². The summed E-state index contributed by atoms with van der Waals surface area (Å²) in [6.45, 7) is 1.76. The summed E-state index contributed by atoms with van der Waals surface area (Å²) in [6, 6.07) is 15.7. The minimum absolute atomic E-state index is 0.105. The lowest BCUT2D eigenvalue weighted by atomic mass is 9.92. The summed E-state index contributed by atoms with van der Waals surface area (Å²) in [6.07, 6.45) is 0. The Labute approximate surface area is 150 Å². The molecule has 0 saturated carbocycles. The zero-order valence-corrected chi connectivity index (χ0v) is 14.4. The summed E-state index contributed by atoms with van der Waals surface area (Å²) in [7, 11) is 1.79. The van der Waals surface area contributed by atoms with Crippen LogP contribution < -0.4 is 16.3 Å². The predicted molar refractivity (Wildman–Crippen MR) is 100 cm³/mol. The molecule has 1 atom stereocenters. The molecule has 0 spiro atoms. The third-order valence-electron chi connectivity index (χ3n) is 3.95. The van der Waals surface area contributed by atoms with Crippen molar-refractivity contribution in [3.8, 4) is 5.69 Å². The van der Waals surface area contributed by atoms with E-state index in [1.807, 2.05) is 12.1 Å². The highest BCUT2D eigenvalue weighted by molar-refractivity contribution is 6.32. The van der Waals surface area contributed by atoms with Gasteiger partial charge in [0.1, 0.15) is 19.4 Å². The summed E-state index contributed by atoms with van der Waals surface area (Å²) in [5.74, 6) is -0.791. The van der Waals surface area contributed by atoms with Crippen molar-refractivity contribution in [2.45, 2.75) is 13.0 Å². The normalized spacial score (nSPS) is 11.8. The Hall–Kier alpha value is -3.22. The van der Waals surface area contributed by atoms with Gasteiger partial charge in [0.05, 0.1) is 11.7 Å². The Morgan fingerprint density at radius 2 is 1.88 bits per heavy atom. The van der Waals surface area contributed by atoms with Gasteiger partial charge in [-0.15, -0.1) is 0 Å². The van der Waals surface area contributed by atoms with Crippen LogP contribution in [-0.4, -0.2) is 23.5 Å². The van der Waals surface area contributed by atoms with Crippen LogP contribution in [0.25, 0.3) is 5.69 Å². The first-order chi connectivity index (χ1) is 12.4. The highest BCUT2D eigenvalue weighted by Crippen LogP contribution is 2.13. The largest absolute Gasteiger partial charge is 0.344 e. The van der Waals surface area contributed by atoms with Gasteiger partial charge in [0.2, 0.25) is 0 Å². The van der Waals surface area contributed by atoms with Crippen molar-refractivity contribution >= 4 is 19.2 Å². The summed E-state index contributed by atoms with van der Waals surface area (Å²) in [5.41, 5.74) is 1.78. The van der Waals surface area contributed by atoms with Crippen LogP contribution in [-0.2, 0) is 0 Å². The van der Waals surface area contributed by atoms with Crippen molar-refractivity contribution in [3.63, 3.8) is 0 Å². The topological polar surface area (TPSA) is 64.0 Å². The molecule has 0 aliphatic rings. The fourth-order valence-corrected chi connectivity index (χ4v) is 2.65. The van der Waals surface area contributed by atoms with Crippen molar-refractivity contribution in [1.29, 1.82) is 0 Å². The molecule has 0 fully saturated rings. The van der Waals surface area contributed by atoms with Crippen LogP contribution in [0.15, 0.2) is 65.5 Å².